The molecule has 36 heteroatoms. The normalized spacial score (nSPS) is 29.9. The minimum Gasteiger partial charge on any atom is -0.496 e. The molecule has 6 aliphatic heterocycles. The molecule has 792 valence electrons. The molecule has 0 radical (unpaired) electrons. The van der Waals surface area contributed by atoms with Crippen LogP contribution < -0.4 is 28.4 Å². The van der Waals surface area contributed by atoms with Crippen LogP contribution >= 0.6 is 22.8 Å². The van der Waals surface area contributed by atoms with E-state index in [1.165, 1.54) is 32.9 Å². The van der Waals surface area contributed by atoms with Crippen LogP contribution in [0.5, 0.6) is 34.9 Å². The first-order valence-corrected chi connectivity index (χ1v) is 57.6. The number of amides is 3. The van der Waals surface area contributed by atoms with Crippen LogP contribution in [0.15, 0.2) is 111 Å². The molecule has 3 aromatic carbocycles. The van der Waals surface area contributed by atoms with E-state index in [0.29, 0.717) is 24.1 Å². The van der Waals surface area contributed by atoms with Crippen LogP contribution in [0.3, 0.4) is 0 Å². The zero-order valence-electron chi connectivity index (χ0n) is 84.8. The third kappa shape index (κ3) is 24.4. The molecule has 3 aromatic heterocycles. The highest BCUT2D eigenvalue weighted by atomic mass is 31.2. The number of Topliss-reactive ketones (excluding diaryl/α,β-unsaturated/α-hetero) is 3. The number of hydrogen-bond acceptors (Lipinski definition) is 24. The van der Waals surface area contributed by atoms with E-state index in [-0.39, 0.29) is 164 Å². The molecule has 17 atom stereocenters. The number of hydrogen-bond donors (Lipinski definition) is 6. The average Bonchev–Trinajstić information content (AvgIpc) is 1.57. The zero-order valence-corrected chi connectivity index (χ0v) is 87.5. The van der Waals surface area contributed by atoms with Gasteiger partial charge in [0.15, 0.2) is 17.3 Å². The predicted octanol–water partition coefficient (Wildman–Crippen LogP) is 17.1. The molecule has 6 aromatic rings. The lowest BCUT2D eigenvalue weighted by Crippen LogP contribution is -2.47. The number of ether oxygens (including phenoxy) is 9. The van der Waals surface area contributed by atoms with Crippen LogP contribution in [0.2, 0.25) is 0 Å². The van der Waals surface area contributed by atoms with Gasteiger partial charge in [-0.1, -0.05) is 89.9 Å². The molecule has 12 bridgehead atoms. The van der Waals surface area contributed by atoms with Crippen molar-refractivity contribution in [1.82, 2.24) is 29.7 Å². The largest absolute Gasteiger partial charge is 0.496 e. The lowest BCUT2D eigenvalue weighted by molar-refractivity contribution is -0.153. The van der Waals surface area contributed by atoms with E-state index in [0.717, 1.165) is 220 Å². The summed E-state index contributed by atoms with van der Waals surface area (Å²) in [5.41, 5.74) is 2.99. The van der Waals surface area contributed by atoms with Crippen molar-refractivity contribution in [2.75, 3.05) is 60.8 Å². The lowest BCUT2D eigenvalue weighted by Gasteiger charge is -2.34. The third-order valence-electron chi connectivity index (χ3n) is 33.8. The highest BCUT2D eigenvalue weighted by molar-refractivity contribution is 7.54. The lowest BCUT2D eigenvalue weighted by atomic mass is 9.77. The maximum Gasteiger partial charge on any atom is 0.332 e. The van der Waals surface area contributed by atoms with Crippen molar-refractivity contribution >= 4 is 108 Å². The van der Waals surface area contributed by atoms with Gasteiger partial charge in [0.05, 0.1) is 131 Å². The fraction of sp³-hybridized carbons (Fsp3) is 0.618. The molecule has 12 aliphatic rings. The SMILES string of the molecule is C=CC1CC1(CC(=O)[C@@H]1C[C@@H]2CN1C(=O)[C@H](C1CCCCC1)CC(=O)OCCCCCc1cc3c(nccc3cc1OC)O2)P(=O)(O)O.C=CC1CC1(CC(=O)[C@@H]1C[C@@H]2CN1C(=O)[C@H](C1CCCCC1)CC(=O)OC[C@@H](C)CCCc1cc3c(nccc3cc1OC)O2)P(=O)(O)O.C=CC1CC1(CC(=O)[C@@H]1C[C@@H]2CN1C(=O)[C@H](C1CCCCC1)CC(=O)OC[C@H](C)CCCc1cc3c(nccc3cc1OC)O2)P(=O)(O)O. The minimum absolute atomic E-state index is 0.0247. The van der Waals surface area contributed by atoms with Crippen molar-refractivity contribution in [3.05, 3.63) is 128 Å². The van der Waals surface area contributed by atoms with Gasteiger partial charge in [-0.2, -0.15) is 0 Å². The molecule has 3 amide bonds. The molecule has 33 nitrogen and oxygen atoms in total. The fourth-order valence-corrected chi connectivity index (χ4v) is 28.9. The number of cyclic esters (lactones) is 3. The molecule has 6 aliphatic carbocycles. The van der Waals surface area contributed by atoms with Crippen LogP contribution in [-0.2, 0) is 90.3 Å². The van der Waals surface area contributed by atoms with Crippen LogP contribution in [0.4, 0.5) is 0 Å². The number of benzene rings is 3. The highest BCUT2D eigenvalue weighted by Crippen LogP contribution is 2.73. The number of aryl methyl sites for hydroxylation is 3. The van der Waals surface area contributed by atoms with Gasteiger partial charge in [0, 0.05) is 73.3 Å². The van der Waals surface area contributed by atoms with Crippen molar-refractivity contribution in [3.8, 4) is 34.9 Å². The number of allylic oxidation sites excluding steroid dienone is 3. The number of carbonyl (C=O) groups excluding carboxylic acids is 9. The van der Waals surface area contributed by atoms with Crippen LogP contribution in [0.25, 0.3) is 32.3 Å². The van der Waals surface area contributed by atoms with E-state index in [4.69, 9.17) is 42.6 Å². The number of rotatable bonds is 21. The Balaban J connectivity index is 0.000000157. The summed E-state index contributed by atoms with van der Waals surface area (Å²) in [5, 5.41) is 0.485. The van der Waals surface area contributed by atoms with Crippen LogP contribution in [-0.4, -0.2) is 225 Å². The number of aromatic nitrogens is 3. The second-order valence-corrected chi connectivity index (χ2v) is 49.4. The number of fused-ring (bicyclic) bond motifs is 9. The van der Waals surface area contributed by atoms with Gasteiger partial charge < -0.3 is 86.7 Å². The summed E-state index contributed by atoms with van der Waals surface area (Å²) in [6.45, 7) is 16.3. The van der Waals surface area contributed by atoms with E-state index in [1.54, 1.807) is 39.9 Å². The molecule has 6 N–H and O–H groups in total. The fourth-order valence-electron chi connectivity index (χ4n) is 24.9. The Hall–Kier alpha value is -9.81. The molecule has 9 heterocycles. The van der Waals surface area contributed by atoms with E-state index >= 15 is 0 Å². The van der Waals surface area contributed by atoms with Crippen molar-refractivity contribution in [3.63, 3.8) is 0 Å². The number of nitrogens with zero attached hydrogens (tertiary/aromatic N) is 6. The highest BCUT2D eigenvalue weighted by Gasteiger charge is 2.69. The van der Waals surface area contributed by atoms with Gasteiger partial charge in [-0.3, -0.25) is 56.8 Å². The van der Waals surface area contributed by atoms with Gasteiger partial charge in [0.25, 0.3) is 0 Å². The maximum atomic E-state index is 14.6. The van der Waals surface area contributed by atoms with Crippen molar-refractivity contribution < 1.29 is 129 Å². The second-order valence-electron chi connectivity index (χ2n) is 43.5. The van der Waals surface area contributed by atoms with Crippen LogP contribution in [0, 0.1) is 65.1 Å². The Kier molecular flexibility index (Phi) is 34.9. The molecule has 6 saturated carbocycles. The van der Waals surface area contributed by atoms with Gasteiger partial charge in [0.2, 0.25) is 35.4 Å². The number of ketones is 3. The molecular formula is C110H145N6O27P3. The first-order chi connectivity index (χ1) is 69.9. The Morgan fingerprint density at radius 1 is 0.404 bits per heavy atom. The molecule has 6 unspecified atom stereocenters. The van der Waals surface area contributed by atoms with Gasteiger partial charge in [-0.05, 0) is 257 Å². The number of pyridine rings is 3. The summed E-state index contributed by atoms with van der Waals surface area (Å²) < 4.78 is 91.8. The predicted molar refractivity (Wildman–Crippen MR) is 545 cm³/mol. The Morgan fingerprint density at radius 2 is 0.692 bits per heavy atom. The summed E-state index contributed by atoms with van der Waals surface area (Å²) in [7, 11) is -9.05. The number of carbonyl (C=O) groups is 9. The summed E-state index contributed by atoms with van der Waals surface area (Å²) in [6.07, 6.45) is 29.0. The van der Waals surface area contributed by atoms with Crippen molar-refractivity contribution in [2.24, 2.45) is 65.1 Å². The second kappa shape index (κ2) is 46.8. The standard InChI is InChI=1S/2C37H49N2O9P.C36H47N2O9P/c2*1-4-27-19-37(27,49(43,44)45)20-32(40)31-17-28-21-39(31)36(42)30(24-10-6-5-7-11-24)18-34(41)47-22-23(2)9-8-12-26-15-29-25(16-33(26)46-3)13-14-38-35(29)48-28;1-3-26-20-36(26,48(42,43)44)21-31(39)30-18-27-22-38(30)35(41)29(23-10-6-4-7-11-23)19-33(40)46-15-9-5-8-12-25-16-28-24(17-32(25)45-2)13-14-37-34(28)47-27/h2*4,13-16,23-24,27-28,30-31H,1,5-12,17-22H2,2-3H3,(H2,43,44,45);3,13-14,16-17,23,26-27,29-30H,1,4-12,15,18-22H2,2H3,(H2,42,43,44)/t23-,27?,28+,30-,31-,37?;23-,27?,28-,30+,31+,37?;26?,27-,29+,30+,36?/m011/s1. The van der Waals surface area contributed by atoms with Crippen molar-refractivity contribution in [1.29, 1.82) is 0 Å². The van der Waals surface area contributed by atoms with Crippen molar-refractivity contribution in [2.45, 2.75) is 303 Å². The molecule has 9 fully saturated rings. The Morgan fingerprint density at radius 3 is 0.973 bits per heavy atom. The number of methoxy groups -OCH3 is 3. The van der Waals surface area contributed by atoms with E-state index in [9.17, 15) is 86.2 Å². The molecule has 18 rings (SSSR count). The van der Waals surface area contributed by atoms with E-state index < -0.39 is 145 Å². The Labute approximate surface area is 853 Å². The van der Waals surface area contributed by atoms with Crippen LogP contribution in [0.1, 0.15) is 249 Å². The summed E-state index contributed by atoms with van der Waals surface area (Å²) in [5.74, 6) is -3.35. The minimum atomic E-state index is -4.66. The quantitative estimate of drug-likeness (QED) is 0.0169. The zero-order chi connectivity index (χ0) is 104. The molecule has 3 saturated heterocycles. The van der Waals surface area contributed by atoms with Gasteiger partial charge in [-0.25, -0.2) is 15.0 Å². The van der Waals surface area contributed by atoms with E-state index in [1.807, 2.05) is 68.4 Å². The van der Waals surface area contributed by atoms with Gasteiger partial charge in [0.1, 0.15) is 35.6 Å². The molecule has 0 spiro atoms. The maximum absolute atomic E-state index is 14.6. The topological polar surface area (TPSA) is 458 Å². The first-order valence-electron chi connectivity index (χ1n) is 52.8. The third-order valence-corrected chi connectivity index (χ3v) is 39.3. The summed E-state index contributed by atoms with van der Waals surface area (Å²) >= 11 is 0. The van der Waals surface area contributed by atoms with Gasteiger partial charge in [-0.15, -0.1) is 19.7 Å². The Bertz CT molecular complexity index is 5760. The first kappa shape index (κ1) is 109. The van der Waals surface area contributed by atoms with E-state index in [2.05, 4.69) is 34.7 Å². The molecular weight excluding hydrogens is 1930 g/mol. The smallest absolute Gasteiger partial charge is 0.332 e. The molecule has 146 heavy (non-hydrogen) atoms. The van der Waals surface area contributed by atoms with Gasteiger partial charge >= 0.3 is 40.7 Å². The summed E-state index contributed by atoms with van der Waals surface area (Å²) in [6, 6.07) is 14.7. The average molecular weight is 2080 g/mol. The number of esters is 3. The summed E-state index contributed by atoms with van der Waals surface area (Å²) in [4.78, 5) is 206. The monoisotopic (exact) mass is 2070 g/mol.